The maximum atomic E-state index is 13.2. The highest BCUT2D eigenvalue weighted by Crippen LogP contribution is 2.20. The zero-order chi connectivity index (χ0) is 10.0. The van der Waals surface area contributed by atoms with Crippen LogP contribution < -0.4 is 11.1 Å². The number of rotatable bonds is 1. The van der Waals surface area contributed by atoms with Gasteiger partial charge in [-0.05, 0) is 31.0 Å². The van der Waals surface area contributed by atoms with Crippen molar-refractivity contribution in [3.05, 3.63) is 29.1 Å². The van der Waals surface area contributed by atoms with Crippen molar-refractivity contribution in [2.75, 3.05) is 5.32 Å². The molecule has 0 aromatic heterocycles. The van der Waals surface area contributed by atoms with Gasteiger partial charge in [0.25, 0.3) is 0 Å². The lowest BCUT2D eigenvalue weighted by atomic mass is 10.1. The molecule has 0 unspecified atom stereocenters. The van der Waals surface area contributed by atoms with Gasteiger partial charge >= 0.3 is 6.03 Å². The molecule has 0 saturated carbocycles. The molecule has 0 aliphatic rings. The van der Waals surface area contributed by atoms with Gasteiger partial charge in [-0.25, -0.2) is 9.18 Å². The zero-order valence-corrected chi connectivity index (χ0v) is 7.52. The van der Waals surface area contributed by atoms with Crippen molar-refractivity contribution in [2.45, 2.75) is 13.8 Å². The SMILES string of the molecule is Cc1cc(C)c(NC(N)=O)c(F)c1. The average Bonchev–Trinajstić information content (AvgIpc) is 1.96. The minimum atomic E-state index is -0.758. The van der Waals surface area contributed by atoms with Crippen LogP contribution in [0.25, 0.3) is 0 Å². The lowest BCUT2D eigenvalue weighted by Gasteiger charge is -2.08. The molecule has 13 heavy (non-hydrogen) atoms. The smallest absolute Gasteiger partial charge is 0.316 e. The Morgan fingerprint density at radius 2 is 2.08 bits per heavy atom. The summed E-state index contributed by atoms with van der Waals surface area (Å²) in [7, 11) is 0. The summed E-state index contributed by atoms with van der Waals surface area (Å²) in [5, 5.41) is 2.23. The Balaban J connectivity index is 3.13. The summed E-state index contributed by atoms with van der Waals surface area (Å²) in [6, 6.07) is 2.36. The first-order chi connectivity index (χ1) is 6.00. The summed E-state index contributed by atoms with van der Waals surface area (Å²) < 4.78 is 13.2. The zero-order valence-electron chi connectivity index (χ0n) is 7.52. The summed E-state index contributed by atoms with van der Waals surface area (Å²) in [5.74, 6) is -0.462. The van der Waals surface area contributed by atoms with Crippen molar-refractivity contribution >= 4 is 11.7 Å². The van der Waals surface area contributed by atoms with Gasteiger partial charge in [-0.3, -0.25) is 0 Å². The Labute approximate surface area is 75.7 Å². The molecule has 0 aliphatic carbocycles. The number of nitrogens with one attached hydrogen (secondary N) is 1. The van der Waals surface area contributed by atoms with Crippen molar-refractivity contribution in [3.8, 4) is 0 Å². The van der Waals surface area contributed by atoms with Crippen LogP contribution in [0.15, 0.2) is 12.1 Å². The molecule has 3 N–H and O–H groups in total. The molecule has 0 bridgehead atoms. The number of anilines is 1. The van der Waals surface area contributed by atoms with Gasteiger partial charge in [0.15, 0.2) is 0 Å². The first-order valence-electron chi connectivity index (χ1n) is 3.84. The lowest BCUT2D eigenvalue weighted by molar-refractivity contribution is 0.259. The number of hydrogen-bond donors (Lipinski definition) is 2. The van der Waals surface area contributed by atoms with E-state index in [0.717, 1.165) is 5.56 Å². The number of nitrogens with two attached hydrogens (primary N) is 1. The van der Waals surface area contributed by atoms with Gasteiger partial charge in [-0.15, -0.1) is 0 Å². The van der Waals surface area contributed by atoms with Crippen LogP contribution in [0.1, 0.15) is 11.1 Å². The second-order valence-corrected chi connectivity index (χ2v) is 2.93. The Morgan fingerprint density at radius 1 is 1.46 bits per heavy atom. The van der Waals surface area contributed by atoms with Crippen LogP contribution in [-0.2, 0) is 0 Å². The summed E-state index contributed by atoms with van der Waals surface area (Å²) in [6.07, 6.45) is 0. The largest absolute Gasteiger partial charge is 0.351 e. The molecule has 0 aliphatic heterocycles. The van der Waals surface area contributed by atoms with Crippen molar-refractivity contribution in [2.24, 2.45) is 5.73 Å². The first kappa shape index (κ1) is 9.51. The number of urea groups is 1. The van der Waals surface area contributed by atoms with Crippen LogP contribution in [0.3, 0.4) is 0 Å². The number of carbonyl (C=O) groups is 1. The molecule has 0 atom stereocenters. The van der Waals surface area contributed by atoms with Gasteiger partial charge in [0.2, 0.25) is 0 Å². The van der Waals surface area contributed by atoms with Crippen LogP contribution in [-0.4, -0.2) is 6.03 Å². The van der Waals surface area contributed by atoms with E-state index in [1.807, 2.05) is 0 Å². The number of amides is 2. The monoisotopic (exact) mass is 182 g/mol. The predicted molar refractivity (Wildman–Crippen MR) is 49.1 cm³/mol. The third-order valence-electron chi connectivity index (χ3n) is 1.68. The van der Waals surface area contributed by atoms with Crippen LogP contribution in [0.4, 0.5) is 14.9 Å². The van der Waals surface area contributed by atoms with Gasteiger partial charge in [-0.2, -0.15) is 0 Å². The molecule has 0 saturated heterocycles. The van der Waals surface area contributed by atoms with E-state index in [1.54, 1.807) is 19.9 Å². The van der Waals surface area contributed by atoms with Gasteiger partial charge in [0.1, 0.15) is 5.82 Å². The Kier molecular flexibility index (Phi) is 2.51. The highest BCUT2D eigenvalue weighted by Gasteiger charge is 2.07. The topological polar surface area (TPSA) is 55.1 Å². The fraction of sp³-hybridized carbons (Fsp3) is 0.222. The van der Waals surface area contributed by atoms with Gasteiger partial charge in [-0.1, -0.05) is 6.07 Å². The first-order valence-corrected chi connectivity index (χ1v) is 3.84. The van der Waals surface area contributed by atoms with E-state index in [1.165, 1.54) is 6.07 Å². The maximum absolute atomic E-state index is 13.2. The number of carbonyl (C=O) groups excluding carboxylic acids is 1. The summed E-state index contributed by atoms with van der Waals surface area (Å²) in [4.78, 5) is 10.5. The highest BCUT2D eigenvalue weighted by atomic mass is 19.1. The number of hydrogen-bond acceptors (Lipinski definition) is 1. The molecule has 0 radical (unpaired) electrons. The Morgan fingerprint density at radius 3 is 2.54 bits per heavy atom. The van der Waals surface area contributed by atoms with Crippen molar-refractivity contribution in [3.63, 3.8) is 0 Å². The van der Waals surface area contributed by atoms with Crippen LogP contribution in [0.2, 0.25) is 0 Å². The van der Waals surface area contributed by atoms with E-state index in [2.05, 4.69) is 5.32 Å². The van der Waals surface area contributed by atoms with Gasteiger partial charge < -0.3 is 11.1 Å². The van der Waals surface area contributed by atoms with Crippen LogP contribution >= 0.6 is 0 Å². The Hall–Kier alpha value is -1.58. The normalized spacial score (nSPS) is 9.77. The summed E-state index contributed by atoms with van der Waals surface area (Å²) >= 11 is 0. The fourth-order valence-electron chi connectivity index (χ4n) is 1.20. The quantitative estimate of drug-likeness (QED) is 0.685. The predicted octanol–water partition coefficient (Wildman–Crippen LogP) is 1.93. The van der Waals surface area contributed by atoms with Crippen LogP contribution in [0, 0.1) is 19.7 Å². The molecule has 3 nitrogen and oxygen atoms in total. The Bertz CT molecular complexity index is 326. The molecule has 70 valence electrons. The van der Waals surface area contributed by atoms with E-state index in [4.69, 9.17) is 5.73 Å². The molecule has 1 aromatic rings. The average molecular weight is 182 g/mol. The third-order valence-corrected chi connectivity index (χ3v) is 1.68. The van der Waals surface area contributed by atoms with Gasteiger partial charge in [0, 0.05) is 0 Å². The van der Waals surface area contributed by atoms with Crippen molar-refractivity contribution < 1.29 is 9.18 Å². The van der Waals surface area contributed by atoms with E-state index in [0.29, 0.717) is 5.56 Å². The standard InChI is InChI=1S/C9H11FN2O/c1-5-3-6(2)8(7(10)4-5)12-9(11)13/h3-4H,1-2H3,(H3,11,12,13). The van der Waals surface area contributed by atoms with E-state index in [-0.39, 0.29) is 5.69 Å². The third kappa shape index (κ3) is 2.18. The number of aryl methyl sites for hydroxylation is 2. The van der Waals surface area contributed by atoms with Crippen LogP contribution in [0.5, 0.6) is 0 Å². The van der Waals surface area contributed by atoms with E-state index >= 15 is 0 Å². The van der Waals surface area contributed by atoms with Crippen molar-refractivity contribution in [1.29, 1.82) is 0 Å². The summed E-state index contributed by atoms with van der Waals surface area (Å²) in [6.45, 7) is 3.49. The summed E-state index contributed by atoms with van der Waals surface area (Å²) in [5.41, 5.74) is 6.51. The minimum absolute atomic E-state index is 0.151. The molecule has 4 heteroatoms. The second-order valence-electron chi connectivity index (χ2n) is 2.93. The highest BCUT2D eigenvalue weighted by molar-refractivity contribution is 5.88. The molecule has 1 aromatic carbocycles. The molecule has 1 rings (SSSR count). The number of halogens is 1. The van der Waals surface area contributed by atoms with E-state index in [9.17, 15) is 9.18 Å². The molecule has 2 amide bonds. The number of benzene rings is 1. The second kappa shape index (κ2) is 3.43. The molecule has 0 fully saturated rings. The van der Waals surface area contributed by atoms with Crippen molar-refractivity contribution in [1.82, 2.24) is 0 Å². The lowest BCUT2D eigenvalue weighted by Crippen LogP contribution is -2.20. The molecule has 0 heterocycles. The fourth-order valence-corrected chi connectivity index (χ4v) is 1.20. The number of primary amides is 1. The molecular weight excluding hydrogens is 171 g/mol. The van der Waals surface area contributed by atoms with Gasteiger partial charge in [0.05, 0.1) is 5.69 Å². The maximum Gasteiger partial charge on any atom is 0.316 e. The van der Waals surface area contributed by atoms with E-state index < -0.39 is 11.8 Å². The molecule has 0 spiro atoms. The minimum Gasteiger partial charge on any atom is -0.351 e. The molecular formula is C9H11FN2O.